The fraction of sp³-hybridized carbons (Fsp3) is 0.167. The monoisotopic (exact) mass is 188 g/mol. The lowest BCUT2D eigenvalue weighted by atomic mass is 10.1. The summed E-state index contributed by atoms with van der Waals surface area (Å²) in [5.74, 6) is 0.263. The van der Waals surface area contributed by atoms with Crippen molar-refractivity contribution < 1.29 is 5.11 Å². The summed E-state index contributed by atoms with van der Waals surface area (Å²) in [5.41, 5.74) is 1.88. The van der Waals surface area contributed by atoms with E-state index in [2.05, 4.69) is 18.5 Å². The molecule has 1 N–H and O–H groups in total. The van der Waals surface area contributed by atoms with Gasteiger partial charge >= 0.3 is 0 Å². The Hall–Kier alpha value is -1.70. The van der Waals surface area contributed by atoms with Gasteiger partial charge in [-0.1, -0.05) is 12.2 Å². The number of benzene rings is 1. The molecule has 0 atom stereocenters. The average molecular weight is 188 g/mol. The number of aromatic hydroxyl groups is 1. The molecule has 1 aromatic carbocycles. The zero-order chi connectivity index (χ0) is 10.4. The maximum Gasteiger partial charge on any atom is 0.116 e. The third-order valence-electron chi connectivity index (χ3n) is 1.82. The summed E-state index contributed by atoms with van der Waals surface area (Å²) in [7, 11) is 0. The smallest absolute Gasteiger partial charge is 0.116 e. The number of phenols is 1. The van der Waals surface area contributed by atoms with Crippen molar-refractivity contribution in [1.82, 2.24) is 5.32 Å². The van der Waals surface area contributed by atoms with Crippen LogP contribution >= 0.6 is 0 Å². The Morgan fingerprint density at radius 1 is 1.29 bits per heavy atom. The van der Waals surface area contributed by atoms with Crippen molar-refractivity contribution in [3.63, 3.8) is 0 Å². The van der Waals surface area contributed by atoms with Crippen LogP contribution in [0.15, 0.2) is 43.5 Å². The van der Waals surface area contributed by atoms with Gasteiger partial charge in [-0.3, -0.25) is 5.32 Å². The Morgan fingerprint density at radius 3 is 2.71 bits per heavy atom. The van der Waals surface area contributed by atoms with E-state index < -0.39 is 0 Å². The van der Waals surface area contributed by atoms with Crippen LogP contribution in [0, 0.1) is 0 Å². The second-order valence-electron chi connectivity index (χ2n) is 2.94. The number of hydrogen-bond donors (Lipinski definition) is 1. The average Bonchev–Trinajstić information content (AvgIpc) is 2.17. The molecule has 2 nitrogen and oxygen atoms in total. The molecule has 14 heavy (non-hydrogen) atoms. The largest absolute Gasteiger partial charge is 0.508 e. The zero-order valence-electron chi connectivity index (χ0n) is 8.11. The number of nitrogens with zero attached hydrogens (tertiary/aromatic N) is 1. The molecule has 0 aliphatic carbocycles. The van der Waals surface area contributed by atoms with Crippen LogP contribution in [-0.2, 0) is 6.42 Å². The lowest BCUT2D eigenvalue weighted by Gasteiger charge is -2.07. The molecule has 0 aliphatic heterocycles. The minimum absolute atomic E-state index is 0.263. The highest BCUT2D eigenvalue weighted by Gasteiger charge is 2.02. The highest BCUT2D eigenvalue weighted by Crippen LogP contribution is 2.21. The third kappa shape index (κ3) is 2.66. The van der Waals surface area contributed by atoms with Gasteiger partial charge < -0.3 is 5.11 Å². The van der Waals surface area contributed by atoms with Crippen LogP contribution in [0.4, 0.5) is 5.69 Å². The number of phenolic OH excluding ortho intramolecular Hbond substituents is 1. The van der Waals surface area contributed by atoms with Gasteiger partial charge in [-0.2, -0.15) is 0 Å². The summed E-state index contributed by atoms with van der Waals surface area (Å²) in [6, 6.07) is 5.15. The summed E-state index contributed by atoms with van der Waals surface area (Å²) >= 11 is 0. The standard InChI is InChI=1S/C12H14NO/c1-3-5-10-9-11(14)6-7-12(10)13-8-4-2/h3-4,6-7,9,14H,1-2,5,8H2. The minimum Gasteiger partial charge on any atom is -0.508 e. The summed E-state index contributed by atoms with van der Waals surface area (Å²) < 4.78 is 0. The summed E-state index contributed by atoms with van der Waals surface area (Å²) in [6.45, 7) is 7.86. The molecule has 0 fully saturated rings. The topological polar surface area (TPSA) is 34.3 Å². The zero-order valence-corrected chi connectivity index (χ0v) is 8.11. The van der Waals surface area contributed by atoms with Gasteiger partial charge in [0.25, 0.3) is 0 Å². The van der Waals surface area contributed by atoms with E-state index in [4.69, 9.17) is 0 Å². The summed E-state index contributed by atoms with van der Waals surface area (Å²) in [4.78, 5) is 0. The first kappa shape index (κ1) is 10.4. The van der Waals surface area contributed by atoms with Gasteiger partial charge in [-0.05, 0) is 30.2 Å². The molecule has 1 radical (unpaired) electrons. The number of rotatable bonds is 5. The molecule has 1 aromatic rings. The van der Waals surface area contributed by atoms with Gasteiger partial charge in [0.2, 0.25) is 0 Å². The summed E-state index contributed by atoms with van der Waals surface area (Å²) in [6.07, 6.45) is 4.25. The molecular formula is C12H14NO. The van der Waals surface area contributed by atoms with E-state index >= 15 is 0 Å². The third-order valence-corrected chi connectivity index (χ3v) is 1.82. The van der Waals surface area contributed by atoms with Gasteiger partial charge in [-0.25, -0.2) is 0 Å². The van der Waals surface area contributed by atoms with Crippen molar-refractivity contribution in [2.75, 3.05) is 6.54 Å². The quantitative estimate of drug-likeness (QED) is 0.708. The Morgan fingerprint density at radius 2 is 2.07 bits per heavy atom. The predicted octanol–water partition coefficient (Wildman–Crippen LogP) is 2.54. The molecule has 1 rings (SSSR count). The molecule has 0 spiro atoms. The maximum atomic E-state index is 9.29. The van der Waals surface area contributed by atoms with Gasteiger partial charge in [-0.15, -0.1) is 13.2 Å². The molecule has 0 bridgehead atoms. The van der Waals surface area contributed by atoms with Crippen LogP contribution in [0.3, 0.4) is 0 Å². The fourth-order valence-corrected chi connectivity index (χ4v) is 1.21. The van der Waals surface area contributed by atoms with Gasteiger partial charge in [0.05, 0.1) is 12.2 Å². The Labute approximate surface area is 84.6 Å². The molecule has 0 saturated carbocycles. The van der Waals surface area contributed by atoms with E-state index in [0.29, 0.717) is 13.0 Å². The van der Waals surface area contributed by atoms with Crippen molar-refractivity contribution in [3.8, 4) is 5.75 Å². The van der Waals surface area contributed by atoms with Crippen molar-refractivity contribution in [2.45, 2.75) is 6.42 Å². The van der Waals surface area contributed by atoms with Crippen molar-refractivity contribution >= 4 is 5.69 Å². The normalized spacial score (nSPS) is 9.43. The van der Waals surface area contributed by atoms with Crippen molar-refractivity contribution in [2.24, 2.45) is 0 Å². The second kappa shape index (κ2) is 5.12. The molecule has 0 amide bonds. The number of hydrogen-bond acceptors (Lipinski definition) is 1. The molecule has 73 valence electrons. The Kier molecular flexibility index (Phi) is 3.80. The molecule has 0 saturated heterocycles. The summed E-state index contributed by atoms with van der Waals surface area (Å²) in [5, 5.41) is 13.6. The molecule has 0 aromatic heterocycles. The van der Waals surface area contributed by atoms with Crippen LogP contribution in [0.1, 0.15) is 5.56 Å². The number of allylic oxidation sites excluding steroid dienone is 1. The van der Waals surface area contributed by atoms with Crippen LogP contribution in [-0.4, -0.2) is 11.7 Å². The van der Waals surface area contributed by atoms with Gasteiger partial charge in [0.15, 0.2) is 0 Å². The molecule has 0 aliphatic rings. The molecule has 2 heteroatoms. The van der Waals surface area contributed by atoms with E-state index in [9.17, 15) is 5.11 Å². The second-order valence-corrected chi connectivity index (χ2v) is 2.94. The van der Waals surface area contributed by atoms with Crippen LogP contribution in [0.2, 0.25) is 0 Å². The first-order valence-corrected chi connectivity index (χ1v) is 4.49. The van der Waals surface area contributed by atoms with Crippen molar-refractivity contribution in [1.29, 1.82) is 0 Å². The predicted molar refractivity (Wildman–Crippen MR) is 58.9 cm³/mol. The highest BCUT2D eigenvalue weighted by atomic mass is 16.3. The van der Waals surface area contributed by atoms with E-state index in [1.54, 1.807) is 30.4 Å². The van der Waals surface area contributed by atoms with Crippen LogP contribution in [0.25, 0.3) is 0 Å². The van der Waals surface area contributed by atoms with Gasteiger partial charge in [0.1, 0.15) is 5.75 Å². The van der Waals surface area contributed by atoms with E-state index in [-0.39, 0.29) is 5.75 Å². The van der Waals surface area contributed by atoms with E-state index in [0.717, 1.165) is 11.3 Å². The lowest BCUT2D eigenvalue weighted by Crippen LogP contribution is -1.99. The lowest BCUT2D eigenvalue weighted by molar-refractivity contribution is 0.474. The minimum atomic E-state index is 0.263. The fourth-order valence-electron chi connectivity index (χ4n) is 1.21. The Balaban J connectivity index is 2.88. The molecular weight excluding hydrogens is 174 g/mol. The first-order chi connectivity index (χ1) is 6.77. The van der Waals surface area contributed by atoms with Crippen molar-refractivity contribution in [3.05, 3.63) is 49.1 Å². The van der Waals surface area contributed by atoms with E-state index in [1.807, 2.05) is 0 Å². The first-order valence-electron chi connectivity index (χ1n) is 4.49. The molecule has 0 unspecified atom stereocenters. The SMILES string of the molecule is C=CC[N]c1ccc(O)cc1CC=C. The van der Waals surface area contributed by atoms with E-state index in [1.165, 1.54) is 0 Å². The highest BCUT2D eigenvalue weighted by molar-refractivity contribution is 5.49. The Bertz CT molecular complexity index is 331. The maximum absolute atomic E-state index is 9.29. The van der Waals surface area contributed by atoms with Crippen LogP contribution < -0.4 is 5.32 Å². The van der Waals surface area contributed by atoms with Gasteiger partial charge in [0, 0.05) is 0 Å². The van der Waals surface area contributed by atoms with Crippen LogP contribution in [0.5, 0.6) is 5.75 Å². The molecule has 0 heterocycles.